The number of unbranched alkanes of at least 4 members (excludes halogenated alkanes) is 1. The number of nitrogens with one attached hydrogen (secondary N) is 4. The van der Waals surface area contributed by atoms with Gasteiger partial charge in [-0.25, -0.2) is 17.9 Å². The number of hydrogen-bond donors (Lipinski definition) is 7. The normalized spacial score (nSPS) is 19.5. The van der Waals surface area contributed by atoms with Crippen LogP contribution in [0.15, 0.2) is 52.9 Å². The van der Waals surface area contributed by atoms with Gasteiger partial charge in [0.1, 0.15) is 41.6 Å². The van der Waals surface area contributed by atoms with Gasteiger partial charge in [-0.2, -0.15) is 0 Å². The number of allylic oxidation sites excluding steroid dienone is 1. The fourth-order valence-corrected chi connectivity index (χ4v) is 10.7. The summed E-state index contributed by atoms with van der Waals surface area (Å²) in [5, 5.41) is 18.0. The molecule has 0 unspecified atom stereocenters. The molecule has 9 N–H and O–H groups in total. The number of benzene rings is 2. The van der Waals surface area contributed by atoms with E-state index in [0.29, 0.717) is 67.4 Å². The van der Waals surface area contributed by atoms with Crippen molar-refractivity contribution in [2.24, 2.45) is 16.5 Å². The minimum Gasteiger partial charge on any atom is -0.487 e. The number of fused-ring (bicyclic) bond motifs is 1. The van der Waals surface area contributed by atoms with E-state index in [-0.39, 0.29) is 56.2 Å². The highest BCUT2D eigenvalue weighted by molar-refractivity contribution is 7.90. The third-order valence-corrected chi connectivity index (χ3v) is 14.5. The Hall–Kier alpha value is -6.02. The lowest BCUT2D eigenvalue weighted by molar-refractivity contribution is -0.149. The highest BCUT2D eigenvalue weighted by Gasteiger charge is 2.41. The highest BCUT2D eigenvalue weighted by Crippen LogP contribution is 2.43. The number of hydrogen-bond acceptors (Lipinski definition) is 11. The number of carboxylic acid groups (broad SMARTS) is 1. The zero-order valence-electron chi connectivity index (χ0n) is 40.1. The smallest absolute Gasteiger partial charge is 0.326 e. The Morgan fingerprint density at radius 2 is 1.51 bits per heavy atom. The molecule has 2 fully saturated rings. The number of likely N-dealkylation sites (tertiary alicyclic amines) is 2. The minimum absolute atomic E-state index is 0.0348. The predicted octanol–water partition coefficient (Wildman–Crippen LogP) is 2.17. The molecule has 3 aliphatic rings. The van der Waals surface area contributed by atoms with Crippen molar-refractivity contribution in [3.05, 3.63) is 70.8 Å². The first-order valence-electron chi connectivity index (χ1n) is 23.4. The highest BCUT2D eigenvalue weighted by atomic mass is 32.2. The van der Waals surface area contributed by atoms with E-state index in [2.05, 4.69) is 32.2 Å². The number of amides is 5. The summed E-state index contributed by atoms with van der Waals surface area (Å²) in [4.78, 5) is 87.9. The maximum absolute atomic E-state index is 14.2. The number of carbonyl (C=O) groups excluding carboxylic acids is 5. The summed E-state index contributed by atoms with van der Waals surface area (Å²) in [5.41, 5.74) is 15.2. The summed E-state index contributed by atoms with van der Waals surface area (Å²) < 4.78 is 35.9. The van der Waals surface area contributed by atoms with Crippen LogP contribution in [-0.4, -0.2) is 126 Å². The van der Waals surface area contributed by atoms with Gasteiger partial charge in [-0.3, -0.25) is 29.0 Å². The Bertz CT molecular complexity index is 2370. The van der Waals surface area contributed by atoms with Crippen LogP contribution in [0, 0.1) is 20.8 Å². The topological polar surface area (TPSA) is 285 Å². The summed E-state index contributed by atoms with van der Waals surface area (Å²) in [6, 6.07) is 2.75. The summed E-state index contributed by atoms with van der Waals surface area (Å²) in [6.07, 6.45) is 5.68. The second kappa shape index (κ2) is 22.9. The quantitative estimate of drug-likeness (QED) is 0.0410. The summed E-state index contributed by atoms with van der Waals surface area (Å²) >= 11 is 0. The lowest BCUT2D eigenvalue weighted by Gasteiger charge is -2.30. The van der Waals surface area contributed by atoms with E-state index in [0.717, 1.165) is 11.1 Å². The van der Waals surface area contributed by atoms with Crippen LogP contribution in [0.1, 0.15) is 106 Å². The summed E-state index contributed by atoms with van der Waals surface area (Å²) in [6.45, 7) is 14.6. The molecule has 5 rings (SSSR count). The van der Waals surface area contributed by atoms with Gasteiger partial charge in [0.15, 0.2) is 0 Å². The molecule has 0 aromatic heterocycles. The SMILES string of the molecule is C=CCCC[C@H](N)C(=O)N[C@@H](Cc1ccccc1)C(=O)N1CCC[C@H]1C(=O)N[C@@H](C)C(=O)N[C@@H](CCCN=C(N)NS(=O)(=O)c1c(C)c(C)c2c(c1C)CC(C)(C)O2)C(=O)N1CCC[C@H]1C(=O)O. The Morgan fingerprint density at radius 1 is 0.897 bits per heavy atom. The number of rotatable bonds is 21. The average molecular weight is 964 g/mol. The lowest BCUT2D eigenvalue weighted by Crippen LogP contribution is -2.58. The zero-order valence-corrected chi connectivity index (χ0v) is 40.9. The molecular weight excluding hydrogens is 895 g/mol. The molecule has 0 saturated carbocycles. The number of aliphatic carboxylic acids is 1. The number of ether oxygens (including phenoxy) is 1. The number of nitrogens with two attached hydrogens (primary N) is 2. The third-order valence-electron chi connectivity index (χ3n) is 12.9. The van der Waals surface area contributed by atoms with Crippen molar-refractivity contribution < 1.29 is 47.0 Å². The Labute approximate surface area is 399 Å². The Kier molecular flexibility index (Phi) is 17.8. The molecule has 68 heavy (non-hydrogen) atoms. The third kappa shape index (κ3) is 12.9. The van der Waals surface area contributed by atoms with Gasteiger partial charge in [0, 0.05) is 38.0 Å². The minimum atomic E-state index is -4.19. The molecule has 2 aromatic carbocycles. The van der Waals surface area contributed by atoms with Crippen LogP contribution in [0.3, 0.4) is 0 Å². The van der Waals surface area contributed by atoms with Gasteiger partial charge in [-0.05, 0) is 122 Å². The molecule has 372 valence electrons. The van der Waals surface area contributed by atoms with Crippen molar-refractivity contribution in [2.45, 2.75) is 159 Å². The van der Waals surface area contributed by atoms with Crippen molar-refractivity contribution in [1.29, 1.82) is 0 Å². The molecule has 0 bridgehead atoms. The van der Waals surface area contributed by atoms with Crippen molar-refractivity contribution in [3.63, 3.8) is 0 Å². The number of nitrogens with zero attached hydrogens (tertiary/aromatic N) is 3. The van der Waals surface area contributed by atoms with Crippen molar-refractivity contribution in [3.8, 4) is 5.75 Å². The fourth-order valence-electron chi connectivity index (χ4n) is 9.23. The van der Waals surface area contributed by atoms with E-state index in [4.69, 9.17) is 16.2 Å². The van der Waals surface area contributed by atoms with E-state index in [9.17, 15) is 42.3 Å². The maximum Gasteiger partial charge on any atom is 0.326 e. The van der Waals surface area contributed by atoms with Crippen LogP contribution in [0.4, 0.5) is 0 Å². The first-order valence-corrected chi connectivity index (χ1v) is 24.8. The van der Waals surface area contributed by atoms with Crippen molar-refractivity contribution in [2.75, 3.05) is 19.6 Å². The van der Waals surface area contributed by atoms with Crippen LogP contribution in [-0.2, 0) is 51.6 Å². The number of carboxylic acids is 1. The number of sulfonamides is 1. The van der Waals surface area contributed by atoms with E-state index in [1.807, 2.05) is 51.1 Å². The predicted molar refractivity (Wildman–Crippen MR) is 256 cm³/mol. The van der Waals surface area contributed by atoms with Crippen LogP contribution in [0.5, 0.6) is 5.75 Å². The van der Waals surface area contributed by atoms with Gasteiger partial charge in [-0.1, -0.05) is 36.4 Å². The number of aliphatic imine (C=N–C) groups is 1. The molecule has 6 atom stereocenters. The maximum atomic E-state index is 14.2. The summed E-state index contributed by atoms with van der Waals surface area (Å²) in [7, 11) is -4.19. The van der Waals surface area contributed by atoms with E-state index < -0.39 is 87.4 Å². The van der Waals surface area contributed by atoms with E-state index in [1.54, 1.807) is 19.9 Å². The van der Waals surface area contributed by atoms with Gasteiger partial charge < -0.3 is 47.1 Å². The molecule has 3 heterocycles. The molecular formula is C48H69N9O10S. The van der Waals surface area contributed by atoms with Crippen molar-refractivity contribution >= 4 is 51.5 Å². The first-order chi connectivity index (χ1) is 32.1. The fraction of sp³-hybridized carbons (Fsp3) is 0.562. The molecule has 2 saturated heterocycles. The van der Waals surface area contributed by atoms with Gasteiger partial charge in [0.25, 0.3) is 10.0 Å². The van der Waals surface area contributed by atoms with Gasteiger partial charge in [0.2, 0.25) is 35.5 Å². The largest absolute Gasteiger partial charge is 0.487 e. The summed E-state index contributed by atoms with van der Waals surface area (Å²) in [5.74, 6) is -3.84. The second-order valence-corrected chi connectivity index (χ2v) is 20.3. The van der Waals surface area contributed by atoms with Crippen LogP contribution in [0.25, 0.3) is 0 Å². The lowest BCUT2D eigenvalue weighted by atomic mass is 9.94. The number of carbonyl (C=O) groups is 6. The molecule has 0 spiro atoms. The second-order valence-electron chi connectivity index (χ2n) is 18.7. The van der Waals surface area contributed by atoms with Gasteiger partial charge in [-0.15, -0.1) is 6.58 Å². The van der Waals surface area contributed by atoms with Gasteiger partial charge >= 0.3 is 5.97 Å². The first kappa shape index (κ1) is 52.9. The monoisotopic (exact) mass is 963 g/mol. The Morgan fingerprint density at radius 3 is 2.16 bits per heavy atom. The molecule has 19 nitrogen and oxygen atoms in total. The van der Waals surface area contributed by atoms with Crippen LogP contribution in [0.2, 0.25) is 0 Å². The molecule has 20 heteroatoms. The molecule has 0 radical (unpaired) electrons. The number of guanidine groups is 1. The van der Waals surface area contributed by atoms with E-state index >= 15 is 0 Å². The van der Waals surface area contributed by atoms with Crippen LogP contribution >= 0.6 is 0 Å². The van der Waals surface area contributed by atoms with Gasteiger partial charge in [0.05, 0.1) is 10.9 Å². The van der Waals surface area contributed by atoms with Crippen LogP contribution < -0.4 is 36.9 Å². The van der Waals surface area contributed by atoms with Crippen molar-refractivity contribution in [1.82, 2.24) is 30.5 Å². The van der Waals surface area contributed by atoms with E-state index in [1.165, 1.54) is 16.7 Å². The standard InChI is InChI=1S/C48H69N9O10S/c1-8-9-11-19-34(49)42(59)54-36(26-32-17-12-10-13-18-32)45(62)56-24-15-21-37(56)43(60)52-31(5)41(58)53-35(44(61)57-25-16-22-38(57)46(63)64)20-14-23-51-47(50)55-68(65,66)40-29(3)28(2)39-33(30(40)4)27-48(6,7)67-39/h8,10,12-13,17-18,31,34-38H,1,9,11,14-16,19-27,49H2,2-7H3,(H,52,60)(H,53,58)(H,54,59)(H,63,64)(H3,50,51,55)/t31-,34-,35-,36-,37-,38-/m0/s1. The molecule has 0 aliphatic carbocycles. The molecule has 5 amide bonds. The Balaban J connectivity index is 1.25. The zero-order chi connectivity index (χ0) is 50.1. The average Bonchev–Trinajstić information content (AvgIpc) is 4.05. The molecule has 2 aromatic rings. The molecule has 3 aliphatic heterocycles.